The fourth-order valence-corrected chi connectivity index (χ4v) is 14.0. The number of aliphatic hydroxyl groups is 4. The molecule has 0 fully saturated rings. The molecular formula is C89H121FN26O23. The summed E-state index contributed by atoms with van der Waals surface area (Å²) < 4.78 is 23.3. The molecule has 0 aliphatic heterocycles. The molecule has 7 rings (SSSR count). The lowest BCUT2D eigenvalue weighted by Crippen LogP contribution is -2.67. The van der Waals surface area contributed by atoms with Gasteiger partial charge in [-0.05, 0) is 149 Å². The summed E-state index contributed by atoms with van der Waals surface area (Å²) in [6.45, 7) is 7.30. The quantitative estimate of drug-likeness (QED) is 0.0124. The maximum atomic E-state index is 15.6. The second kappa shape index (κ2) is 54.5. The average molecular weight is 1940 g/mol. The number of aliphatic carboxylic acids is 1. The number of carbonyl (C=O) groups excluding carboxylic acids is 16. The van der Waals surface area contributed by atoms with Crippen LogP contribution in [0.2, 0.25) is 0 Å². The highest BCUT2D eigenvalue weighted by Gasteiger charge is 2.44. The highest BCUT2D eigenvalue weighted by atomic mass is 19.1. The van der Waals surface area contributed by atoms with Gasteiger partial charge in [-0.15, -0.1) is 10.2 Å². The smallest absolute Gasteiger partial charge is 0.305 e. The summed E-state index contributed by atoms with van der Waals surface area (Å²) >= 11 is 0. The number of carboxylic acid groups (broad SMARTS) is 1. The number of amides is 16. The van der Waals surface area contributed by atoms with E-state index in [0.717, 1.165) is 54.7 Å². The number of imidazole rings is 1. The van der Waals surface area contributed by atoms with Crippen LogP contribution >= 0.6 is 0 Å². The zero-order chi connectivity index (χ0) is 102. The molecule has 50 heteroatoms. The number of aryl methyl sites for hydroxylation is 5. The van der Waals surface area contributed by atoms with Crippen LogP contribution in [0.25, 0.3) is 11.1 Å². The van der Waals surface area contributed by atoms with E-state index in [4.69, 9.17) is 16.2 Å². The molecule has 49 nitrogen and oxygen atoms in total. The van der Waals surface area contributed by atoms with E-state index in [1.54, 1.807) is 47.4 Å². The summed E-state index contributed by atoms with van der Waals surface area (Å²) in [6, 6.07) is 8.87. The Balaban J connectivity index is 0.987. The number of hydrogen-bond donors (Lipinski definition) is 24. The number of aliphatic hydroxyl groups excluding tert-OH is 4. The highest BCUT2D eigenvalue weighted by Crippen LogP contribution is 2.30. The van der Waals surface area contributed by atoms with Crippen LogP contribution in [0.4, 0.5) is 4.39 Å². The molecule has 26 N–H and O–H groups in total. The van der Waals surface area contributed by atoms with Gasteiger partial charge in [0.2, 0.25) is 94.5 Å². The third-order valence-corrected chi connectivity index (χ3v) is 21.7. The molecule has 0 aliphatic carbocycles. The molecule has 3 heterocycles. The van der Waals surface area contributed by atoms with E-state index in [2.05, 4.69) is 121 Å². The Morgan fingerprint density at radius 3 is 1.78 bits per heavy atom. The number of unbranched alkanes of at least 4 members (excludes halogenated alkanes) is 1. The molecule has 16 amide bonds. The Labute approximate surface area is 796 Å². The number of nitrogens with two attached hydrogens (primary N) is 2. The first kappa shape index (κ1) is 111. The molecular weight excluding hydrogens is 1820 g/mol. The number of tetrazole rings is 1. The molecule has 3 aromatic heterocycles. The minimum atomic E-state index is -2.43. The van der Waals surface area contributed by atoms with Crippen molar-refractivity contribution in [1.82, 2.24) is 125 Å². The SMILES string of the molecule is CCc1cc(OCCCCn2cc(CNC(=O)[C@H](CO)NC(=O)CNC(=O)CNC(=O)CNC(=O)CN)nn2)ccc1-c1ccc(C[C@H](NC(=O)[C@H](CC(=O)O)NC(=O)[C@H](CO)NC(=O)[C@@H](NC(=O)[C@](C)(Cc2ccccc2F)NC(=O)[C@@H](NC(=O)CNC(=O)[C@H](Cc2nnn[nH]2)NC(=O)C(C)(C)C(=O)NCCc2cnc[nH]2)[C@@H](C)O)[C@@H](C)O)C(=O)N[C@@H](CCCc2cc(C)cc(C)c2)C(N)=O)cc1. The first-order valence-corrected chi connectivity index (χ1v) is 44.4. The lowest BCUT2D eigenvalue weighted by molar-refractivity contribution is -0.143. The summed E-state index contributed by atoms with van der Waals surface area (Å²) in [4.78, 5) is 235. The van der Waals surface area contributed by atoms with Crippen molar-refractivity contribution in [2.24, 2.45) is 16.9 Å². The molecule has 0 unspecified atom stereocenters. The second-order valence-electron chi connectivity index (χ2n) is 33.5. The summed E-state index contributed by atoms with van der Waals surface area (Å²) in [6.07, 6.45) is 1.08. The van der Waals surface area contributed by atoms with Crippen molar-refractivity contribution in [2.75, 3.05) is 59.1 Å². The van der Waals surface area contributed by atoms with Gasteiger partial charge in [-0.1, -0.05) is 90.0 Å². The number of H-pyrrole nitrogens is 2. The maximum absolute atomic E-state index is 15.6. The predicted octanol–water partition coefficient (Wildman–Crippen LogP) is -6.71. The van der Waals surface area contributed by atoms with E-state index >= 15 is 4.39 Å². The third-order valence-electron chi connectivity index (χ3n) is 21.7. The van der Waals surface area contributed by atoms with E-state index in [1.165, 1.54) is 38.4 Å². The van der Waals surface area contributed by atoms with Gasteiger partial charge in [0.1, 0.15) is 76.5 Å². The Kier molecular flexibility index (Phi) is 43.5. The molecule has 7 aromatic rings. The summed E-state index contributed by atoms with van der Waals surface area (Å²) in [5.41, 5.74) is 13.4. The minimum absolute atomic E-state index is 0.0105. The maximum Gasteiger partial charge on any atom is 0.305 e. The van der Waals surface area contributed by atoms with Crippen molar-refractivity contribution < 1.29 is 116 Å². The lowest BCUT2D eigenvalue weighted by atomic mass is 9.90. The normalized spacial score (nSPS) is 13.8. The number of carbonyl (C=O) groups is 17. The number of nitrogens with zero attached hydrogens (tertiary/aromatic N) is 7. The number of carboxylic acids is 1. The van der Waals surface area contributed by atoms with Gasteiger partial charge in [0.05, 0.1) is 90.2 Å². The monoisotopic (exact) mass is 1940 g/mol. The van der Waals surface area contributed by atoms with Crippen molar-refractivity contribution in [2.45, 2.75) is 205 Å². The fourth-order valence-electron chi connectivity index (χ4n) is 14.0. The molecule has 0 saturated carbocycles. The predicted molar refractivity (Wildman–Crippen MR) is 490 cm³/mol. The Morgan fingerprint density at radius 2 is 1.17 bits per heavy atom. The van der Waals surface area contributed by atoms with Crippen LogP contribution in [0, 0.1) is 25.1 Å². The van der Waals surface area contributed by atoms with E-state index in [-0.39, 0.29) is 43.9 Å². The molecule has 0 spiro atoms. The molecule has 0 aliphatic rings. The van der Waals surface area contributed by atoms with Crippen molar-refractivity contribution in [3.8, 4) is 16.9 Å². The highest BCUT2D eigenvalue weighted by molar-refractivity contribution is 6.06. The first-order valence-electron chi connectivity index (χ1n) is 44.4. The molecule has 0 saturated heterocycles. The number of halogens is 1. The standard InChI is InChI=1S/C89H121FN26O23/c1-9-54-33-59(139-28-13-12-27-116-44-58(110-115-116)39-98-79(130)66(45-117)101-72(124)42-97-71(123)41-96-70(122)40-95-69(121)37-91)23-24-60(54)55-21-19-52(20-22-55)32-63(80(131)102-62(77(92)128)18-14-15-53-30-48(2)29-49(3)31-53)103-81(132)65(35-74(126)127)104-82(133)67(46-118)105-83(134)75(50(4)119)108-87(138)89(8,36-56-16-10-11-17-61(56)90)109-84(135)76(51(5)120)107-73(125)43-99-78(129)64(34-68-111-113-114-112-68)106-86(137)88(6,7)85(136)94-26-25-57-38-93-47-100-57/h10-11,16-17,19-24,29-31,33,38,44,47,50-51,62-67,75-76,117-120H,9,12-15,18,25-28,32,34-37,39-43,45-46,91H2,1-8H3,(H2,92,128)(H,93,100)(H,94,136)(H,95,121)(H,96,122)(H,97,123)(H,98,130)(H,99,129)(H,101,124)(H,102,131)(H,103,132)(H,104,133)(H,105,134)(H,106,137)(H,107,125)(H,108,138)(H,109,135)(H,126,127)(H,111,112,113,114)/t50-,51-,62+,63+,64+,65+,66+,67+,75+,76+,89+/m1/s1. The van der Waals surface area contributed by atoms with Gasteiger partial charge in [0.15, 0.2) is 5.82 Å². The van der Waals surface area contributed by atoms with Gasteiger partial charge in [-0.25, -0.2) is 14.5 Å². The Bertz CT molecular complexity index is 5390. The van der Waals surface area contributed by atoms with Crippen LogP contribution in [0.15, 0.2) is 104 Å². The summed E-state index contributed by atoms with van der Waals surface area (Å²) in [5.74, 6) is -18.2. The molecule has 0 radical (unpaired) electrons. The van der Waals surface area contributed by atoms with Gasteiger partial charge in [0.25, 0.3) is 0 Å². The zero-order valence-electron chi connectivity index (χ0n) is 77.9. The van der Waals surface area contributed by atoms with Crippen molar-refractivity contribution >= 4 is 100 Å². The molecule has 4 aromatic carbocycles. The fraction of sp³-hybridized carbons (Fsp3) is 0.472. The molecule has 11 atom stereocenters. The van der Waals surface area contributed by atoms with E-state index in [1.807, 2.05) is 51.1 Å². The van der Waals surface area contributed by atoms with E-state index in [0.29, 0.717) is 79.9 Å². The van der Waals surface area contributed by atoms with Crippen LogP contribution < -0.4 is 96.0 Å². The van der Waals surface area contributed by atoms with Crippen molar-refractivity contribution in [3.63, 3.8) is 0 Å². The molecule has 139 heavy (non-hydrogen) atoms. The summed E-state index contributed by atoms with van der Waals surface area (Å²) in [5, 5.41) is 109. The number of aromatic nitrogens is 9. The number of primary amides is 1. The van der Waals surface area contributed by atoms with Gasteiger partial charge < -0.3 is 126 Å². The minimum Gasteiger partial charge on any atom is -0.494 e. The number of hydrogen-bond acceptors (Lipinski definition) is 29. The number of aromatic amines is 2. The van der Waals surface area contributed by atoms with Crippen LogP contribution in [-0.2, 0) is 133 Å². The van der Waals surface area contributed by atoms with E-state index < -0.39 is 236 Å². The molecule has 752 valence electrons. The largest absolute Gasteiger partial charge is 0.494 e. The first-order chi connectivity index (χ1) is 66.0. The van der Waals surface area contributed by atoms with Crippen LogP contribution in [-0.4, -0.2) is 297 Å². The van der Waals surface area contributed by atoms with Crippen molar-refractivity contribution in [1.29, 1.82) is 0 Å². The second-order valence-corrected chi connectivity index (χ2v) is 33.5. The van der Waals surface area contributed by atoms with Gasteiger partial charge in [0, 0.05) is 50.7 Å². The topological polar surface area (TPSA) is 747 Å². The average Bonchev–Trinajstić information content (AvgIpc) is 1.54. The number of ether oxygens (including phenoxy) is 1. The van der Waals surface area contributed by atoms with Crippen LogP contribution in [0.3, 0.4) is 0 Å². The zero-order valence-corrected chi connectivity index (χ0v) is 77.9. The number of benzene rings is 4. The van der Waals surface area contributed by atoms with Gasteiger partial charge in [-0.2, -0.15) is 0 Å². The third kappa shape index (κ3) is 36.1. The Morgan fingerprint density at radius 1 is 0.568 bits per heavy atom. The van der Waals surface area contributed by atoms with Crippen LogP contribution in [0.5, 0.6) is 5.75 Å². The van der Waals surface area contributed by atoms with Gasteiger partial charge in [-0.3, -0.25) is 86.2 Å². The lowest BCUT2D eigenvalue weighted by Gasteiger charge is -2.34. The summed E-state index contributed by atoms with van der Waals surface area (Å²) in [7, 11) is 0. The molecule has 0 bridgehead atoms. The number of rotatable bonds is 58. The Hall–Kier alpha value is -15.2. The number of nitrogens with one attached hydrogen (secondary N) is 17. The van der Waals surface area contributed by atoms with Crippen molar-refractivity contribution in [3.05, 3.63) is 160 Å². The van der Waals surface area contributed by atoms with Crippen LogP contribution in [0.1, 0.15) is 124 Å². The van der Waals surface area contributed by atoms with Gasteiger partial charge >= 0.3 is 5.97 Å². The van der Waals surface area contributed by atoms with E-state index in [9.17, 15) is 107 Å².